The van der Waals surface area contributed by atoms with Crippen LogP contribution in [0.15, 0.2) is 23.1 Å². The highest BCUT2D eigenvalue weighted by Crippen LogP contribution is 2.31. The number of nitrogens with zero attached hydrogens (tertiary/aromatic N) is 2. The molecular formula is C12H18ClN3O5S. The van der Waals surface area contributed by atoms with E-state index in [0.29, 0.717) is 19.6 Å². The number of halogens is 1. The smallest absolute Gasteiger partial charge is 0.271 e. The van der Waals surface area contributed by atoms with Crippen molar-refractivity contribution in [3.05, 3.63) is 28.3 Å². The quantitative estimate of drug-likeness (QED) is 0.641. The highest BCUT2D eigenvalue weighted by molar-refractivity contribution is 7.89. The maximum Gasteiger partial charge on any atom is 0.271 e. The lowest BCUT2D eigenvalue weighted by atomic mass is 10.3. The second-order valence-corrected chi connectivity index (χ2v) is 6.62. The van der Waals surface area contributed by atoms with E-state index in [0.717, 1.165) is 6.07 Å². The highest BCUT2D eigenvalue weighted by atomic mass is 35.5. The molecule has 0 radical (unpaired) electrons. The fraction of sp³-hybridized carbons (Fsp3) is 0.500. The van der Waals surface area contributed by atoms with Gasteiger partial charge in [0.2, 0.25) is 10.0 Å². The summed E-state index contributed by atoms with van der Waals surface area (Å²) in [5, 5.41) is 14.0. The number of sulfonamides is 1. The van der Waals surface area contributed by atoms with Gasteiger partial charge >= 0.3 is 0 Å². The van der Waals surface area contributed by atoms with Crippen LogP contribution in [-0.4, -0.2) is 50.4 Å². The molecule has 0 amide bonds. The molecule has 0 spiro atoms. The fourth-order valence-corrected chi connectivity index (χ4v) is 4.09. The van der Waals surface area contributed by atoms with Gasteiger partial charge < -0.3 is 10.1 Å². The van der Waals surface area contributed by atoms with Gasteiger partial charge in [-0.15, -0.1) is 12.4 Å². The zero-order valence-electron chi connectivity index (χ0n) is 12.2. The van der Waals surface area contributed by atoms with Gasteiger partial charge in [0.25, 0.3) is 5.69 Å². The van der Waals surface area contributed by atoms with Crippen LogP contribution in [0.3, 0.4) is 0 Å². The number of methoxy groups -OCH3 is 1. The van der Waals surface area contributed by atoms with Crippen molar-refractivity contribution < 1.29 is 18.1 Å². The molecule has 1 heterocycles. The number of hydrogen-bond donors (Lipinski definition) is 1. The second kappa shape index (κ2) is 7.23. The molecule has 1 saturated heterocycles. The lowest BCUT2D eigenvalue weighted by Crippen LogP contribution is -2.52. The Hall–Kier alpha value is -1.42. The third kappa shape index (κ3) is 3.49. The Labute approximate surface area is 135 Å². The van der Waals surface area contributed by atoms with Gasteiger partial charge in [-0.25, -0.2) is 8.42 Å². The van der Waals surface area contributed by atoms with Crippen LogP contribution in [0, 0.1) is 10.1 Å². The molecule has 10 heteroatoms. The average Bonchev–Trinajstić information content (AvgIpc) is 2.46. The molecule has 1 aromatic rings. The van der Waals surface area contributed by atoms with Gasteiger partial charge in [0.1, 0.15) is 10.6 Å². The molecule has 1 aromatic carbocycles. The summed E-state index contributed by atoms with van der Waals surface area (Å²) >= 11 is 0. The molecular weight excluding hydrogens is 334 g/mol. The maximum atomic E-state index is 12.7. The van der Waals surface area contributed by atoms with Gasteiger partial charge in [-0.05, 0) is 13.0 Å². The summed E-state index contributed by atoms with van der Waals surface area (Å²) in [6.07, 6.45) is 0. The molecule has 1 aliphatic heterocycles. The summed E-state index contributed by atoms with van der Waals surface area (Å²) in [5.41, 5.74) is -0.280. The molecule has 1 aliphatic rings. The minimum Gasteiger partial charge on any atom is -0.495 e. The number of ether oxygens (including phenoxy) is 1. The van der Waals surface area contributed by atoms with Crippen LogP contribution in [-0.2, 0) is 10.0 Å². The lowest BCUT2D eigenvalue weighted by molar-refractivity contribution is -0.385. The number of rotatable bonds is 4. The van der Waals surface area contributed by atoms with E-state index in [9.17, 15) is 18.5 Å². The molecule has 1 N–H and O–H groups in total. The van der Waals surface area contributed by atoms with Gasteiger partial charge in [0, 0.05) is 37.8 Å². The number of benzene rings is 1. The molecule has 22 heavy (non-hydrogen) atoms. The Morgan fingerprint density at radius 2 is 2.14 bits per heavy atom. The first-order chi connectivity index (χ1) is 9.87. The van der Waals surface area contributed by atoms with Crippen LogP contribution in [0.25, 0.3) is 0 Å². The van der Waals surface area contributed by atoms with Gasteiger partial charge in [-0.2, -0.15) is 4.31 Å². The third-order valence-electron chi connectivity index (χ3n) is 3.38. The molecule has 8 nitrogen and oxygen atoms in total. The lowest BCUT2D eigenvalue weighted by Gasteiger charge is -2.33. The van der Waals surface area contributed by atoms with E-state index in [-0.39, 0.29) is 34.8 Å². The number of non-ortho nitro benzene ring substituents is 1. The Morgan fingerprint density at radius 3 is 2.68 bits per heavy atom. The van der Waals surface area contributed by atoms with Gasteiger partial charge in [0.15, 0.2) is 0 Å². The number of hydrogen-bond acceptors (Lipinski definition) is 6. The molecule has 0 aromatic heterocycles. The number of nitro benzene ring substituents is 1. The van der Waals surface area contributed by atoms with Crippen LogP contribution in [0.5, 0.6) is 5.75 Å². The summed E-state index contributed by atoms with van der Waals surface area (Å²) in [4.78, 5) is 10.1. The summed E-state index contributed by atoms with van der Waals surface area (Å²) in [6, 6.07) is 3.34. The summed E-state index contributed by atoms with van der Waals surface area (Å²) < 4.78 is 31.9. The minimum atomic E-state index is -3.85. The monoisotopic (exact) mass is 351 g/mol. The highest BCUT2D eigenvalue weighted by Gasteiger charge is 2.34. The number of piperazine rings is 1. The molecule has 0 bridgehead atoms. The second-order valence-electron chi connectivity index (χ2n) is 4.76. The Balaban J connectivity index is 0.00000242. The normalized spacial score (nSPS) is 19.3. The summed E-state index contributed by atoms with van der Waals surface area (Å²) in [5.74, 6) is 0.103. The van der Waals surface area contributed by atoms with Crippen molar-refractivity contribution in [1.82, 2.24) is 9.62 Å². The summed E-state index contributed by atoms with van der Waals surface area (Å²) in [6.45, 7) is 3.18. The molecule has 0 aliphatic carbocycles. The molecule has 124 valence electrons. The zero-order chi connectivity index (χ0) is 15.6. The van der Waals surface area contributed by atoms with Gasteiger partial charge in [-0.3, -0.25) is 10.1 Å². The first-order valence-corrected chi connectivity index (χ1v) is 7.87. The van der Waals surface area contributed by atoms with Crippen LogP contribution in [0.4, 0.5) is 5.69 Å². The van der Waals surface area contributed by atoms with Gasteiger partial charge in [0.05, 0.1) is 12.0 Å². The first-order valence-electron chi connectivity index (χ1n) is 6.43. The molecule has 1 fully saturated rings. The Bertz CT molecular complexity index is 652. The Morgan fingerprint density at radius 1 is 1.45 bits per heavy atom. The van der Waals surface area contributed by atoms with E-state index in [4.69, 9.17) is 4.74 Å². The van der Waals surface area contributed by atoms with Crippen LogP contribution < -0.4 is 10.1 Å². The van der Waals surface area contributed by atoms with Crippen molar-refractivity contribution in [3.8, 4) is 5.75 Å². The predicted octanol–water partition coefficient (Wildman–Crippen LogP) is 1.01. The molecule has 0 saturated carbocycles. The topological polar surface area (TPSA) is 102 Å². The van der Waals surface area contributed by atoms with E-state index in [1.54, 1.807) is 6.92 Å². The standard InChI is InChI=1S/C12H17N3O5S.ClH/c1-9-8-13-5-6-14(9)21(18,19)12-7-10(15(16)17)3-4-11(12)20-2;/h3-4,7,9,13H,5-6,8H2,1-2H3;1H. The van der Waals surface area contributed by atoms with E-state index in [1.807, 2.05) is 0 Å². The van der Waals surface area contributed by atoms with E-state index in [2.05, 4.69) is 5.32 Å². The molecule has 1 unspecified atom stereocenters. The number of nitrogens with one attached hydrogen (secondary N) is 1. The summed E-state index contributed by atoms with van der Waals surface area (Å²) in [7, 11) is -2.51. The van der Waals surface area contributed by atoms with E-state index < -0.39 is 14.9 Å². The van der Waals surface area contributed by atoms with Crippen molar-refractivity contribution in [2.24, 2.45) is 0 Å². The van der Waals surface area contributed by atoms with Crippen molar-refractivity contribution in [2.75, 3.05) is 26.7 Å². The average molecular weight is 352 g/mol. The van der Waals surface area contributed by atoms with Crippen molar-refractivity contribution >= 4 is 28.1 Å². The van der Waals surface area contributed by atoms with Crippen LogP contribution in [0.1, 0.15) is 6.92 Å². The van der Waals surface area contributed by atoms with Crippen molar-refractivity contribution in [1.29, 1.82) is 0 Å². The van der Waals surface area contributed by atoms with Crippen molar-refractivity contribution in [2.45, 2.75) is 17.9 Å². The maximum absolute atomic E-state index is 12.7. The van der Waals surface area contributed by atoms with Crippen molar-refractivity contribution in [3.63, 3.8) is 0 Å². The van der Waals surface area contributed by atoms with E-state index >= 15 is 0 Å². The van der Waals surface area contributed by atoms with Gasteiger partial charge in [-0.1, -0.05) is 0 Å². The van der Waals surface area contributed by atoms with E-state index in [1.165, 1.54) is 23.5 Å². The number of nitro groups is 1. The minimum absolute atomic E-state index is 0. The van der Waals surface area contributed by atoms with Crippen LogP contribution in [0.2, 0.25) is 0 Å². The first kappa shape index (κ1) is 18.6. The largest absolute Gasteiger partial charge is 0.495 e. The molecule has 1 atom stereocenters. The third-order valence-corrected chi connectivity index (χ3v) is 5.42. The Kier molecular flexibility index (Phi) is 6.12. The molecule has 2 rings (SSSR count). The fourth-order valence-electron chi connectivity index (χ4n) is 2.29. The SMILES string of the molecule is COc1ccc([N+](=O)[O-])cc1S(=O)(=O)N1CCNCC1C.Cl. The van der Waals surface area contributed by atoms with Crippen LogP contribution >= 0.6 is 12.4 Å². The zero-order valence-corrected chi connectivity index (χ0v) is 13.8. The predicted molar refractivity (Wildman–Crippen MR) is 83.1 cm³/mol.